The highest BCUT2D eigenvalue weighted by Crippen LogP contribution is 2.55. The highest BCUT2D eigenvalue weighted by molar-refractivity contribution is 6.30. The SMILES string of the molecule is COc1ccc(NC(=O)[C@@H]2[C@@H]3C=C[C@]4(O3)[C@@H]2C(=O)N(Cc2ccc(Cl)cc2)[C@H]4C(=O)N[C@@H]2CCC[C@@H](C)[C@H]2C)cc1. The van der Waals surface area contributed by atoms with Crippen molar-refractivity contribution >= 4 is 35.0 Å². The molecule has 3 amide bonds. The van der Waals surface area contributed by atoms with Crippen LogP contribution in [0.3, 0.4) is 0 Å². The van der Waals surface area contributed by atoms with Crippen molar-refractivity contribution in [3.8, 4) is 5.75 Å². The second kappa shape index (κ2) is 10.8. The number of nitrogens with zero attached hydrogens (tertiary/aromatic N) is 1. The summed E-state index contributed by atoms with van der Waals surface area (Å²) in [7, 11) is 1.58. The molecule has 1 aliphatic carbocycles. The fraction of sp³-hybridized carbons (Fsp3) is 0.469. The van der Waals surface area contributed by atoms with Crippen molar-refractivity contribution in [2.45, 2.75) is 63.4 Å². The summed E-state index contributed by atoms with van der Waals surface area (Å²) in [5.74, 6) is -0.897. The minimum absolute atomic E-state index is 0.0194. The summed E-state index contributed by atoms with van der Waals surface area (Å²) >= 11 is 6.11. The summed E-state index contributed by atoms with van der Waals surface area (Å²) < 4.78 is 11.7. The van der Waals surface area contributed by atoms with E-state index in [9.17, 15) is 14.4 Å². The number of ether oxygens (including phenoxy) is 2. The average Bonchev–Trinajstić information content (AvgIpc) is 3.60. The number of hydrogen-bond acceptors (Lipinski definition) is 5. The summed E-state index contributed by atoms with van der Waals surface area (Å²) in [5, 5.41) is 6.83. The number of carbonyl (C=O) groups is 3. The van der Waals surface area contributed by atoms with E-state index >= 15 is 0 Å². The van der Waals surface area contributed by atoms with E-state index in [2.05, 4.69) is 24.5 Å². The molecular formula is C32H36ClN3O5. The summed E-state index contributed by atoms with van der Waals surface area (Å²) in [6.07, 6.45) is 6.17. The zero-order chi connectivity index (χ0) is 28.9. The Morgan fingerprint density at radius 1 is 1.07 bits per heavy atom. The lowest BCUT2D eigenvalue weighted by atomic mass is 9.73. The number of halogens is 1. The first-order valence-electron chi connectivity index (χ1n) is 14.4. The highest BCUT2D eigenvalue weighted by Gasteiger charge is 2.72. The minimum Gasteiger partial charge on any atom is -0.497 e. The molecule has 216 valence electrons. The molecule has 2 saturated heterocycles. The topological polar surface area (TPSA) is 97.0 Å². The number of amides is 3. The van der Waals surface area contributed by atoms with Crippen molar-refractivity contribution in [3.05, 3.63) is 71.3 Å². The lowest BCUT2D eigenvalue weighted by molar-refractivity contribution is -0.142. The van der Waals surface area contributed by atoms with Crippen LogP contribution in [-0.4, -0.2) is 53.5 Å². The summed E-state index contributed by atoms with van der Waals surface area (Å²) in [6, 6.07) is 13.4. The van der Waals surface area contributed by atoms with E-state index in [-0.39, 0.29) is 30.3 Å². The van der Waals surface area contributed by atoms with Crippen molar-refractivity contribution in [2.24, 2.45) is 23.7 Å². The molecule has 41 heavy (non-hydrogen) atoms. The van der Waals surface area contributed by atoms with E-state index in [1.807, 2.05) is 24.3 Å². The number of benzene rings is 2. The first kappa shape index (κ1) is 27.8. The molecule has 3 heterocycles. The average molecular weight is 578 g/mol. The maximum atomic E-state index is 14.2. The predicted molar refractivity (Wildman–Crippen MR) is 155 cm³/mol. The van der Waals surface area contributed by atoms with Crippen molar-refractivity contribution in [2.75, 3.05) is 12.4 Å². The molecule has 6 rings (SSSR count). The quantitative estimate of drug-likeness (QED) is 0.470. The largest absolute Gasteiger partial charge is 0.497 e. The molecule has 0 radical (unpaired) electrons. The number of methoxy groups -OCH3 is 1. The fourth-order valence-electron chi connectivity index (χ4n) is 7.17. The van der Waals surface area contributed by atoms with Crippen LogP contribution in [0.1, 0.15) is 38.7 Å². The zero-order valence-electron chi connectivity index (χ0n) is 23.5. The van der Waals surface area contributed by atoms with Crippen LogP contribution in [0.15, 0.2) is 60.7 Å². The first-order valence-corrected chi connectivity index (χ1v) is 14.8. The number of likely N-dealkylation sites (tertiary alicyclic amines) is 1. The van der Waals surface area contributed by atoms with E-state index in [1.165, 1.54) is 0 Å². The fourth-order valence-corrected chi connectivity index (χ4v) is 7.30. The molecule has 1 saturated carbocycles. The first-order chi connectivity index (χ1) is 19.7. The molecule has 3 aliphatic heterocycles. The third-order valence-electron chi connectivity index (χ3n) is 9.58. The molecule has 2 aromatic carbocycles. The highest BCUT2D eigenvalue weighted by atomic mass is 35.5. The van der Waals surface area contributed by atoms with Crippen LogP contribution in [-0.2, 0) is 25.7 Å². The van der Waals surface area contributed by atoms with Gasteiger partial charge >= 0.3 is 0 Å². The molecule has 9 heteroatoms. The normalized spacial score (nSPS) is 33.5. The Morgan fingerprint density at radius 2 is 1.80 bits per heavy atom. The van der Waals surface area contributed by atoms with Gasteiger partial charge in [-0.3, -0.25) is 14.4 Å². The van der Waals surface area contributed by atoms with Crippen molar-refractivity contribution in [3.63, 3.8) is 0 Å². The van der Waals surface area contributed by atoms with Gasteiger partial charge in [0.1, 0.15) is 17.4 Å². The van der Waals surface area contributed by atoms with Crippen molar-refractivity contribution in [1.82, 2.24) is 10.2 Å². The number of anilines is 1. The van der Waals surface area contributed by atoms with Gasteiger partial charge in [-0.2, -0.15) is 0 Å². The molecule has 0 aromatic heterocycles. The molecule has 2 N–H and O–H groups in total. The van der Waals surface area contributed by atoms with Gasteiger partial charge in [0, 0.05) is 23.3 Å². The number of carbonyl (C=O) groups excluding carboxylic acids is 3. The van der Waals surface area contributed by atoms with Gasteiger partial charge in [-0.05, 0) is 60.2 Å². The number of nitrogens with one attached hydrogen (secondary N) is 2. The Labute approximate surface area is 245 Å². The Kier molecular flexibility index (Phi) is 7.32. The lowest BCUT2D eigenvalue weighted by Gasteiger charge is -2.38. The second-order valence-corrected chi connectivity index (χ2v) is 12.3. The van der Waals surface area contributed by atoms with Gasteiger partial charge in [0.15, 0.2) is 0 Å². The molecule has 0 unspecified atom stereocenters. The molecule has 8 nitrogen and oxygen atoms in total. The summed E-state index contributed by atoms with van der Waals surface area (Å²) in [5.41, 5.74) is 0.216. The Bertz CT molecular complexity index is 1360. The van der Waals surface area contributed by atoms with E-state index < -0.39 is 29.6 Å². The number of fused-ring (bicyclic) bond motifs is 1. The van der Waals surface area contributed by atoms with Crippen LogP contribution >= 0.6 is 11.6 Å². The van der Waals surface area contributed by atoms with Crippen LogP contribution in [0.25, 0.3) is 0 Å². The van der Waals surface area contributed by atoms with Crippen LogP contribution in [0, 0.1) is 23.7 Å². The van der Waals surface area contributed by atoms with E-state index in [0.717, 1.165) is 24.8 Å². The molecule has 2 aromatic rings. The van der Waals surface area contributed by atoms with Crippen LogP contribution in [0.5, 0.6) is 5.75 Å². The van der Waals surface area contributed by atoms with E-state index in [4.69, 9.17) is 21.1 Å². The summed E-state index contributed by atoms with van der Waals surface area (Å²) in [6.45, 7) is 4.61. The van der Waals surface area contributed by atoms with Crippen molar-refractivity contribution < 1.29 is 23.9 Å². The van der Waals surface area contributed by atoms with Gasteiger partial charge in [-0.15, -0.1) is 0 Å². The monoisotopic (exact) mass is 577 g/mol. The molecule has 1 spiro atoms. The van der Waals surface area contributed by atoms with Crippen LogP contribution < -0.4 is 15.4 Å². The van der Waals surface area contributed by atoms with Crippen LogP contribution in [0.2, 0.25) is 5.02 Å². The second-order valence-electron chi connectivity index (χ2n) is 11.9. The van der Waals surface area contributed by atoms with E-state index in [0.29, 0.717) is 28.3 Å². The lowest BCUT2D eigenvalue weighted by Crippen LogP contribution is -2.57. The van der Waals surface area contributed by atoms with Gasteiger partial charge in [-0.25, -0.2) is 0 Å². The molecule has 2 bridgehead atoms. The Morgan fingerprint density at radius 3 is 2.51 bits per heavy atom. The smallest absolute Gasteiger partial charge is 0.246 e. The maximum Gasteiger partial charge on any atom is 0.246 e. The Balaban J connectivity index is 1.31. The van der Waals surface area contributed by atoms with Gasteiger partial charge in [0.25, 0.3) is 0 Å². The van der Waals surface area contributed by atoms with Crippen LogP contribution in [0.4, 0.5) is 5.69 Å². The zero-order valence-corrected chi connectivity index (χ0v) is 24.3. The van der Waals surface area contributed by atoms with Gasteiger partial charge in [0.2, 0.25) is 17.7 Å². The van der Waals surface area contributed by atoms with Crippen molar-refractivity contribution in [1.29, 1.82) is 0 Å². The predicted octanol–water partition coefficient (Wildman–Crippen LogP) is 4.58. The summed E-state index contributed by atoms with van der Waals surface area (Å²) in [4.78, 5) is 43.7. The third kappa shape index (κ3) is 4.81. The van der Waals surface area contributed by atoms with Gasteiger partial charge in [0.05, 0.1) is 25.0 Å². The minimum atomic E-state index is -1.22. The molecular weight excluding hydrogens is 542 g/mol. The third-order valence-corrected chi connectivity index (χ3v) is 9.84. The van der Waals surface area contributed by atoms with E-state index in [1.54, 1.807) is 48.4 Å². The van der Waals surface area contributed by atoms with Gasteiger partial charge < -0.3 is 25.0 Å². The maximum absolute atomic E-state index is 14.2. The molecule has 4 aliphatic rings. The number of hydrogen-bond donors (Lipinski definition) is 2. The van der Waals surface area contributed by atoms with Gasteiger partial charge in [-0.1, -0.05) is 62.6 Å². The molecule has 3 fully saturated rings. The Hall–Kier alpha value is -3.36. The standard InChI is InChI=1S/C32H36ClN3O5/c1-18-5-4-6-24(19(18)2)35-30(38)28-32-16-15-25(41-32)26(29(37)34-22-11-13-23(40-3)14-12-22)27(32)31(39)36(28)17-20-7-9-21(33)10-8-20/h7-16,18-19,24-28H,4-6,17H2,1-3H3,(H,34,37)(H,35,38)/t18-,19-,24-,25+,26-,27+,28+,32+/m1/s1. The number of rotatable bonds is 7. The molecule has 8 atom stereocenters.